The molecule has 16 atom stereocenters. The summed E-state index contributed by atoms with van der Waals surface area (Å²) in [6, 6.07) is 6.53. The summed E-state index contributed by atoms with van der Waals surface area (Å²) in [4.78, 5) is 0. The van der Waals surface area contributed by atoms with Crippen LogP contribution in [0.4, 0.5) is 0 Å². The van der Waals surface area contributed by atoms with Gasteiger partial charge in [0.15, 0.2) is 0 Å². The van der Waals surface area contributed by atoms with Crippen LogP contribution in [-0.4, -0.2) is 48.3 Å². The molecule has 0 aromatic carbocycles. The van der Waals surface area contributed by atoms with E-state index in [1.807, 2.05) is 0 Å². The fraction of sp³-hybridized carbons (Fsp3) is 1.00. The summed E-state index contributed by atoms with van der Waals surface area (Å²) >= 11 is 0. The average molecular weight is 465 g/mol. The Labute approximate surface area is 206 Å². The first-order valence-corrected chi connectivity index (χ1v) is 15.9. The van der Waals surface area contributed by atoms with E-state index in [4.69, 9.17) is 0 Å². The molecular formula is C30H48N4. The summed E-state index contributed by atoms with van der Waals surface area (Å²) in [6.45, 7) is 0. The monoisotopic (exact) mass is 464 g/mol. The van der Waals surface area contributed by atoms with Crippen LogP contribution in [0.3, 0.4) is 0 Å². The summed E-state index contributed by atoms with van der Waals surface area (Å²) < 4.78 is 0. The molecule has 4 N–H and O–H groups in total. The zero-order chi connectivity index (χ0) is 22.0. The maximum absolute atomic E-state index is 4.49. The van der Waals surface area contributed by atoms with Gasteiger partial charge in [-0.05, 0) is 98.7 Å². The molecule has 9 fully saturated rings. The molecular weight excluding hydrogens is 416 g/mol. The molecule has 4 heterocycles. The third-order valence-corrected chi connectivity index (χ3v) is 13.7. The molecule has 4 aliphatic heterocycles. The van der Waals surface area contributed by atoms with Crippen molar-refractivity contribution in [2.24, 2.45) is 47.3 Å². The van der Waals surface area contributed by atoms with E-state index in [0.717, 1.165) is 95.7 Å². The summed E-state index contributed by atoms with van der Waals surface area (Å²) in [5.41, 5.74) is 0. The van der Waals surface area contributed by atoms with E-state index in [2.05, 4.69) is 21.3 Å². The molecule has 0 aromatic heterocycles. The van der Waals surface area contributed by atoms with Gasteiger partial charge in [-0.15, -0.1) is 0 Å². The molecule has 0 bridgehead atoms. The van der Waals surface area contributed by atoms with Crippen LogP contribution in [0.1, 0.15) is 89.9 Å². The minimum absolute atomic E-state index is 0.788. The van der Waals surface area contributed by atoms with Crippen molar-refractivity contribution >= 4 is 0 Å². The van der Waals surface area contributed by atoms with Gasteiger partial charge in [0.2, 0.25) is 0 Å². The maximum Gasteiger partial charge on any atom is 0.0163 e. The van der Waals surface area contributed by atoms with Crippen molar-refractivity contribution in [2.75, 3.05) is 0 Å². The van der Waals surface area contributed by atoms with E-state index >= 15 is 0 Å². The van der Waals surface area contributed by atoms with Gasteiger partial charge in [0.25, 0.3) is 0 Å². The van der Waals surface area contributed by atoms with Crippen LogP contribution in [0.15, 0.2) is 0 Å². The quantitative estimate of drug-likeness (QED) is 0.440. The predicted molar refractivity (Wildman–Crippen MR) is 135 cm³/mol. The van der Waals surface area contributed by atoms with E-state index in [-0.39, 0.29) is 0 Å². The summed E-state index contributed by atoms with van der Waals surface area (Å²) in [5, 5.41) is 17.6. The Hall–Kier alpha value is -0.160. The van der Waals surface area contributed by atoms with Crippen LogP contribution in [0.25, 0.3) is 0 Å². The second-order valence-electron chi connectivity index (χ2n) is 14.6. The van der Waals surface area contributed by atoms with E-state index in [0.29, 0.717) is 0 Å². The largest absolute Gasteiger partial charge is 0.311 e. The lowest BCUT2D eigenvalue weighted by Crippen LogP contribution is -2.61. The lowest BCUT2D eigenvalue weighted by Gasteiger charge is -2.50. The van der Waals surface area contributed by atoms with Crippen LogP contribution >= 0.6 is 0 Å². The van der Waals surface area contributed by atoms with E-state index in [1.165, 1.54) is 89.9 Å². The Balaban J connectivity index is 1.13. The Morgan fingerprint density at radius 1 is 0.294 bits per heavy atom. The SMILES string of the molecule is C1CCC2C(C1)NC1C2C2NC3CCCCC3C2C2NC3CCC4NC5CCCCC5C4C3C12. The highest BCUT2D eigenvalue weighted by molar-refractivity contribution is 5.24. The number of rotatable bonds is 0. The Kier molecular flexibility index (Phi) is 4.71. The van der Waals surface area contributed by atoms with Crippen LogP contribution in [-0.2, 0) is 0 Å². The van der Waals surface area contributed by atoms with Crippen molar-refractivity contribution in [3.05, 3.63) is 0 Å². The molecule has 0 radical (unpaired) electrons. The highest BCUT2D eigenvalue weighted by Gasteiger charge is 2.69. The Morgan fingerprint density at radius 2 is 0.706 bits per heavy atom. The lowest BCUT2D eigenvalue weighted by molar-refractivity contribution is 0.0324. The Morgan fingerprint density at radius 3 is 1.29 bits per heavy atom. The smallest absolute Gasteiger partial charge is 0.0163 e. The summed E-state index contributed by atoms with van der Waals surface area (Å²) in [6.07, 6.45) is 20.7. The standard InChI is InChI=1S/C30H48N4/c1-4-10-18-15(7-1)23-21(31-18)13-14-22-26(23)27-29-24(17-9-3-6-12-20(17)33-29)28-25(30(27)34-22)16-8-2-5-11-19(16)32-28/h15-34H,1-14H2. The van der Waals surface area contributed by atoms with Crippen LogP contribution in [0.2, 0.25) is 0 Å². The van der Waals surface area contributed by atoms with E-state index in [9.17, 15) is 0 Å². The third kappa shape index (κ3) is 2.70. The van der Waals surface area contributed by atoms with Crippen LogP contribution in [0, 0.1) is 47.3 Å². The molecule has 4 saturated heterocycles. The van der Waals surface area contributed by atoms with Gasteiger partial charge in [-0.2, -0.15) is 0 Å². The molecule has 9 aliphatic rings. The lowest BCUT2D eigenvalue weighted by atomic mass is 9.55. The van der Waals surface area contributed by atoms with Gasteiger partial charge in [-0.1, -0.05) is 38.5 Å². The third-order valence-electron chi connectivity index (χ3n) is 13.7. The molecule has 16 unspecified atom stereocenters. The maximum atomic E-state index is 4.49. The van der Waals surface area contributed by atoms with Gasteiger partial charge >= 0.3 is 0 Å². The van der Waals surface area contributed by atoms with Gasteiger partial charge in [0.1, 0.15) is 0 Å². The van der Waals surface area contributed by atoms with Crippen LogP contribution < -0.4 is 21.3 Å². The fourth-order valence-corrected chi connectivity index (χ4v) is 12.9. The predicted octanol–water partition coefficient (Wildman–Crippen LogP) is 3.81. The molecule has 4 heteroatoms. The molecule has 5 saturated carbocycles. The molecule has 4 nitrogen and oxygen atoms in total. The van der Waals surface area contributed by atoms with Crippen LogP contribution in [0.5, 0.6) is 0 Å². The molecule has 9 rings (SSSR count). The van der Waals surface area contributed by atoms with Gasteiger partial charge in [0, 0.05) is 48.3 Å². The molecule has 188 valence electrons. The zero-order valence-corrected chi connectivity index (χ0v) is 21.1. The van der Waals surface area contributed by atoms with Crippen molar-refractivity contribution in [1.29, 1.82) is 0 Å². The molecule has 5 aliphatic carbocycles. The van der Waals surface area contributed by atoms with Crippen molar-refractivity contribution < 1.29 is 0 Å². The van der Waals surface area contributed by atoms with Crippen molar-refractivity contribution in [2.45, 2.75) is 138 Å². The van der Waals surface area contributed by atoms with E-state index < -0.39 is 0 Å². The molecule has 0 aromatic rings. The van der Waals surface area contributed by atoms with Gasteiger partial charge in [-0.25, -0.2) is 0 Å². The first-order valence-electron chi connectivity index (χ1n) is 15.9. The summed E-state index contributed by atoms with van der Waals surface area (Å²) in [5.74, 6) is 7.54. The first-order chi connectivity index (χ1) is 16.9. The minimum Gasteiger partial charge on any atom is -0.311 e. The number of hydrogen-bond donors (Lipinski definition) is 4. The second-order valence-corrected chi connectivity index (χ2v) is 14.6. The van der Waals surface area contributed by atoms with E-state index in [1.54, 1.807) is 0 Å². The van der Waals surface area contributed by atoms with Crippen molar-refractivity contribution in [3.63, 3.8) is 0 Å². The highest BCUT2D eigenvalue weighted by atomic mass is 15.2. The van der Waals surface area contributed by atoms with Crippen molar-refractivity contribution in [3.8, 4) is 0 Å². The number of hydrogen-bond acceptors (Lipinski definition) is 4. The highest BCUT2D eigenvalue weighted by Crippen LogP contribution is 2.61. The normalized spacial score (nSPS) is 63.5. The van der Waals surface area contributed by atoms with Gasteiger partial charge in [0.05, 0.1) is 0 Å². The average Bonchev–Trinajstić information content (AvgIpc) is 3.61. The topological polar surface area (TPSA) is 48.1 Å². The van der Waals surface area contributed by atoms with Gasteiger partial charge in [-0.3, -0.25) is 0 Å². The first kappa shape index (κ1) is 20.8. The number of nitrogens with one attached hydrogen (secondary N) is 4. The van der Waals surface area contributed by atoms with Gasteiger partial charge < -0.3 is 21.3 Å². The molecule has 0 spiro atoms. The Bertz CT molecular complexity index is 800. The molecule has 0 amide bonds. The fourth-order valence-electron chi connectivity index (χ4n) is 12.9. The zero-order valence-electron chi connectivity index (χ0n) is 21.1. The number of fused-ring (bicyclic) bond motifs is 16. The van der Waals surface area contributed by atoms with Crippen molar-refractivity contribution in [1.82, 2.24) is 21.3 Å². The summed E-state index contributed by atoms with van der Waals surface area (Å²) in [7, 11) is 0. The molecule has 34 heavy (non-hydrogen) atoms. The second kappa shape index (κ2) is 7.68. The minimum atomic E-state index is 0.788.